The van der Waals surface area contributed by atoms with Crippen LogP contribution >= 0.6 is 0 Å². The molecule has 0 saturated carbocycles. The van der Waals surface area contributed by atoms with Gasteiger partial charge in [0.25, 0.3) is 0 Å². The Hall–Kier alpha value is 0.716. The molecule has 0 bridgehead atoms. The topological polar surface area (TPSA) is 60.7 Å². The van der Waals surface area contributed by atoms with Gasteiger partial charge >= 0.3 is 29.8 Å². The van der Waals surface area contributed by atoms with Crippen LogP contribution in [0.1, 0.15) is 27.2 Å². The van der Waals surface area contributed by atoms with Crippen LogP contribution in [0.15, 0.2) is 18.2 Å². The maximum absolute atomic E-state index is 11.2. The van der Waals surface area contributed by atoms with E-state index in [1.165, 1.54) is 0 Å². The molecule has 3 N–H and O–H groups in total. The van der Waals surface area contributed by atoms with Crippen LogP contribution in [0.2, 0.25) is 11.5 Å². The Morgan fingerprint density at radius 2 is 1.32 bits per heavy atom. The van der Waals surface area contributed by atoms with Crippen LogP contribution in [0.25, 0.3) is 0 Å². The Balaban J connectivity index is -0.0000000435. The van der Waals surface area contributed by atoms with Crippen molar-refractivity contribution in [2.75, 3.05) is 19.8 Å². The Kier molecular flexibility index (Phi) is 71.8. The largest absolute Gasteiger partial charge is 0 e. The van der Waals surface area contributed by atoms with Crippen molar-refractivity contribution in [2.24, 2.45) is 0 Å². The van der Waals surface area contributed by atoms with Crippen molar-refractivity contribution in [3.63, 3.8) is 0 Å². The van der Waals surface area contributed by atoms with Crippen LogP contribution in [0.3, 0.4) is 0 Å². The zero-order valence-electron chi connectivity index (χ0n) is 12.8. The van der Waals surface area contributed by atoms with Gasteiger partial charge in [0, 0.05) is 46.0 Å². The quantitative estimate of drug-likeness (QED) is 0.420. The second kappa shape index (κ2) is 42.8. The van der Waals surface area contributed by atoms with Gasteiger partial charge in [-0.15, -0.1) is 6.42 Å². The molecular formula is C13H29FGeO3Zr-. The molecular weight excluding hydrogens is 387 g/mol. The standard InChI is InChI=1S/C5H5.C2H6FGe.3C2H6O.Zr/c1-2-4-5-3-1;1-4(2)3;3*1-2-3;/h1-3H,4H2;1-2H3;3*3H,2H2,1H3;/q-1;;;;;. The van der Waals surface area contributed by atoms with Gasteiger partial charge in [-0.3, -0.25) is 6.08 Å². The van der Waals surface area contributed by atoms with Gasteiger partial charge in [0.1, 0.15) is 0 Å². The average Bonchev–Trinajstić information content (AvgIpc) is 2.76. The molecule has 0 aromatic heterocycles. The summed E-state index contributed by atoms with van der Waals surface area (Å²) in [6.07, 6.45) is 10.0. The molecule has 19 heavy (non-hydrogen) atoms. The molecule has 3 nitrogen and oxygen atoms in total. The number of hydrogen-bond acceptors (Lipinski definition) is 3. The van der Waals surface area contributed by atoms with Crippen LogP contribution in [-0.2, 0) is 26.2 Å². The minimum atomic E-state index is -1.83. The monoisotopic (exact) mass is 416 g/mol. The van der Waals surface area contributed by atoms with E-state index in [0.29, 0.717) is 0 Å². The third-order valence-electron chi connectivity index (χ3n) is 0.586. The number of halogens is 1. The number of hydrogen-bond donors (Lipinski definition) is 3. The first-order valence-corrected chi connectivity index (χ1v) is 11.0. The fourth-order valence-electron chi connectivity index (χ4n) is 0.340. The molecule has 1 rings (SSSR count). The van der Waals surface area contributed by atoms with E-state index >= 15 is 0 Å². The second-order valence-electron chi connectivity index (χ2n) is 2.83. The Bertz CT molecular complexity index is 139. The summed E-state index contributed by atoms with van der Waals surface area (Å²) in [4.78, 5) is 0. The molecule has 6 heteroatoms. The normalized spacial score (nSPS) is 9.37. The predicted molar refractivity (Wildman–Crippen MR) is 78.4 cm³/mol. The summed E-state index contributed by atoms with van der Waals surface area (Å²) in [5.74, 6) is 3.33. The van der Waals surface area contributed by atoms with Crippen LogP contribution < -0.4 is 0 Å². The molecule has 0 amide bonds. The molecule has 0 aliphatic heterocycles. The minimum Gasteiger partial charge on any atom is 0 e. The van der Waals surface area contributed by atoms with Gasteiger partial charge in [0.15, 0.2) is 0 Å². The second-order valence-corrected chi connectivity index (χ2v) is 6.51. The van der Waals surface area contributed by atoms with Crippen LogP contribution in [-0.4, -0.2) is 50.0 Å². The van der Waals surface area contributed by atoms with E-state index in [1.54, 1.807) is 32.3 Å². The molecule has 0 fully saturated rings. The van der Waals surface area contributed by atoms with Crippen LogP contribution in [0.5, 0.6) is 0 Å². The number of allylic oxidation sites excluding steroid dienone is 4. The van der Waals surface area contributed by atoms with Crippen molar-refractivity contribution >= 4 is 14.8 Å². The van der Waals surface area contributed by atoms with E-state index in [4.69, 9.17) is 15.3 Å². The fourth-order valence-corrected chi connectivity index (χ4v) is 0.340. The molecule has 0 aromatic carbocycles. The van der Waals surface area contributed by atoms with Gasteiger partial charge in [-0.05, 0) is 20.8 Å². The SMILES string of the molecule is CCO.CCO.CCO.[C-]1=CC=CC1.[CH3][Ge]([CH3])[F].[Zr]. The smallest absolute Gasteiger partial charge is 0 e. The van der Waals surface area contributed by atoms with E-state index in [9.17, 15) is 3.50 Å². The molecule has 1 aliphatic rings. The van der Waals surface area contributed by atoms with Gasteiger partial charge in [0.05, 0.1) is 0 Å². The molecule has 0 atom stereocenters. The predicted octanol–water partition coefficient (Wildman–Crippen LogP) is 2.51. The summed E-state index contributed by atoms with van der Waals surface area (Å²) in [5.41, 5.74) is 0. The van der Waals surface area contributed by atoms with Gasteiger partial charge in [-0.1, -0.05) is 0 Å². The van der Waals surface area contributed by atoms with Crippen molar-refractivity contribution in [1.29, 1.82) is 0 Å². The van der Waals surface area contributed by atoms with Crippen molar-refractivity contribution in [3.8, 4) is 0 Å². The first kappa shape index (κ1) is 31.9. The number of aliphatic hydroxyl groups is 3. The summed E-state index contributed by atoms with van der Waals surface area (Å²) in [6, 6.07) is 0. The van der Waals surface area contributed by atoms with Crippen molar-refractivity contribution < 1.29 is 45.0 Å². The van der Waals surface area contributed by atoms with E-state index in [2.05, 4.69) is 12.2 Å². The molecule has 0 spiro atoms. The molecule has 0 saturated heterocycles. The van der Waals surface area contributed by atoms with Gasteiger partial charge in [-0.25, -0.2) is 12.2 Å². The maximum Gasteiger partial charge on any atom is 0 e. The average molecular weight is 416 g/mol. The summed E-state index contributed by atoms with van der Waals surface area (Å²) < 4.78 is 11.2. The molecule has 115 valence electrons. The molecule has 0 unspecified atom stereocenters. The van der Waals surface area contributed by atoms with E-state index in [-0.39, 0.29) is 46.0 Å². The maximum atomic E-state index is 11.2. The van der Waals surface area contributed by atoms with E-state index in [0.717, 1.165) is 6.42 Å². The third kappa shape index (κ3) is 160. The van der Waals surface area contributed by atoms with Crippen LogP contribution in [0.4, 0.5) is 3.50 Å². The summed E-state index contributed by atoms with van der Waals surface area (Å²) in [5, 5.41) is 22.7. The molecule has 1 aliphatic carbocycles. The van der Waals surface area contributed by atoms with E-state index in [1.807, 2.05) is 12.2 Å². The van der Waals surface area contributed by atoms with Gasteiger partial charge < -0.3 is 15.3 Å². The van der Waals surface area contributed by atoms with Gasteiger partial charge in [-0.2, -0.15) is 6.08 Å². The van der Waals surface area contributed by atoms with Crippen LogP contribution in [0, 0.1) is 6.08 Å². The summed E-state index contributed by atoms with van der Waals surface area (Å²) >= 11 is -1.83. The first-order valence-electron chi connectivity index (χ1n) is 5.98. The third-order valence-corrected chi connectivity index (χ3v) is 0.586. The summed E-state index contributed by atoms with van der Waals surface area (Å²) in [7, 11) is 0. The molecule has 0 aromatic rings. The zero-order chi connectivity index (χ0) is 15.2. The zero-order valence-corrected chi connectivity index (χ0v) is 17.3. The Labute approximate surface area is 142 Å². The van der Waals surface area contributed by atoms with Gasteiger partial charge in [0.2, 0.25) is 0 Å². The Morgan fingerprint density at radius 3 is 1.37 bits per heavy atom. The number of rotatable bonds is 0. The van der Waals surface area contributed by atoms with Crippen molar-refractivity contribution in [3.05, 3.63) is 24.3 Å². The summed E-state index contributed by atoms with van der Waals surface area (Å²) in [6.45, 7) is 5.79. The first-order chi connectivity index (χ1) is 8.47. The fraction of sp³-hybridized carbons (Fsp3) is 0.692. The molecule has 1 radical (unpaired) electrons. The molecule has 0 heterocycles. The van der Waals surface area contributed by atoms with Crippen molar-refractivity contribution in [1.82, 2.24) is 0 Å². The Morgan fingerprint density at radius 1 is 1.05 bits per heavy atom. The minimum absolute atomic E-state index is 0. The number of aliphatic hydroxyl groups excluding tert-OH is 3. The van der Waals surface area contributed by atoms with Crippen molar-refractivity contribution in [2.45, 2.75) is 38.7 Å². The van der Waals surface area contributed by atoms with E-state index < -0.39 is 14.8 Å².